The Bertz CT molecular complexity index is 299. The van der Waals surface area contributed by atoms with Gasteiger partial charge in [0, 0.05) is 51.2 Å². The number of nitrogens with one attached hydrogen (secondary N) is 2. The van der Waals surface area contributed by atoms with Crippen LogP contribution in [0.3, 0.4) is 0 Å². The molecule has 5 nitrogen and oxygen atoms in total. The van der Waals surface area contributed by atoms with Crippen molar-refractivity contribution in [3.8, 4) is 0 Å². The summed E-state index contributed by atoms with van der Waals surface area (Å²) in [6.45, 7) is 3.27. The van der Waals surface area contributed by atoms with Crippen LogP contribution in [-0.4, -0.2) is 61.4 Å². The molecule has 1 rings (SSSR count). The standard InChI is InChI=1S/C12H23N3O2S.ClH/c1-9(12(17)13-2)7-15(3)11(16)6-10-8-18-5-4-14-10;/h9-10,14H,4-8H2,1-3H3,(H,13,17);1H. The van der Waals surface area contributed by atoms with Crippen molar-refractivity contribution in [2.75, 3.05) is 38.7 Å². The maximum absolute atomic E-state index is 12.0. The number of nitrogens with zero attached hydrogens (tertiary/aromatic N) is 1. The van der Waals surface area contributed by atoms with E-state index < -0.39 is 0 Å². The van der Waals surface area contributed by atoms with E-state index in [1.807, 2.05) is 18.7 Å². The van der Waals surface area contributed by atoms with Gasteiger partial charge in [0.05, 0.1) is 5.92 Å². The van der Waals surface area contributed by atoms with Crippen LogP contribution in [0, 0.1) is 5.92 Å². The third kappa shape index (κ3) is 6.49. The van der Waals surface area contributed by atoms with Crippen LogP contribution in [0.25, 0.3) is 0 Å². The maximum Gasteiger partial charge on any atom is 0.224 e. The molecule has 1 aliphatic rings. The summed E-state index contributed by atoms with van der Waals surface area (Å²) >= 11 is 1.88. The van der Waals surface area contributed by atoms with Gasteiger partial charge in [-0.05, 0) is 0 Å². The van der Waals surface area contributed by atoms with Crippen LogP contribution >= 0.6 is 24.2 Å². The first-order chi connectivity index (χ1) is 8.54. The van der Waals surface area contributed by atoms with Gasteiger partial charge < -0.3 is 15.5 Å². The minimum Gasteiger partial charge on any atom is -0.359 e. The van der Waals surface area contributed by atoms with Gasteiger partial charge in [0.1, 0.15) is 0 Å². The van der Waals surface area contributed by atoms with E-state index in [1.54, 1.807) is 19.0 Å². The van der Waals surface area contributed by atoms with E-state index in [-0.39, 0.29) is 36.2 Å². The second-order valence-corrected chi connectivity index (χ2v) is 5.87. The molecule has 0 bridgehead atoms. The van der Waals surface area contributed by atoms with Crippen LogP contribution in [0.5, 0.6) is 0 Å². The van der Waals surface area contributed by atoms with Crippen LogP contribution in [0.1, 0.15) is 13.3 Å². The van der Waals surface area contributed by atoms with Gasteiger partial charge in [0.2, 0.25) is 11.8 Å². The summed E-state index contributed by atoms with van der Waals surface area (Å²) in [5.74, 6) is 2.02. The normalized spacial score (nSPS) is 20.1. The van der Waals surface area contributed by atoms with Gasteiger partial charge in [-0.2, -0.15) is 11.8 Å². The van der Waals surface area contributed by atoms with Crippen molar-refractivity contribution in [1.29, 1.82) is 0 Å². The van der Waals surface area contributed by atoms with Gasteiger partial charge >= 0.3 is 0 Å². The number of carbonyl (C=O) groups excluding carboxylic acids is 2. The molecule has 2 atom stereocenters. The summed E-state index contributed by atoms with van der Waals surface area (Å²) in [6.07, 6.45) is 0.518. The van der Waals surface area contributed by atoms with Gasteiger partial charge in [-0.1, -0.05) is 6.92 Å². The molecule has 0 aromatic rings. The number of amides is 2. The highest BCUT2D eigenvalue weighted by Gasteiger charge is 2.21. The molecule has 1 heterocycles. The largest absolute Gasteiger partial charge is 0.359 e. The summed E-state index contributed by atoms with van der Waals surface area (Å²) in [7, 11) is 3.38. The van der Waals surface area contributed by atoms with Crippen LogP contribution in [0.4, 0.5) is 0 Å². The first-order valence-corrected chi connectivity index (χ1v) is 7.46. The zero-order valence-electron chi connectivity index (χ0n) is 11.8. The highest BCUT2D eigenvalue weighted by molar-refractivity contribution is 7.99. The minimum atomic E-state index is -0.169. The average Bonchev–Trinajstić information content (AvgIpc) is 2.38. The first-order valence-electron chi connectivity index (χ1n) is 6.31. The number of hydrogen-bond donors (Lipinski definition) is 2. The molecule has 0 spiro atoms. The lowest BCUT2D eigenvalue weighted by Gasteiger charge is -2.26. The highest BCUT2D eigenvalue weighted by atomic mass is 35.5. The summed E-state index contributed by atoms with van der Waals surface area (Å²) in [5.41, 5.74) is 0. The number of hydrogen-bond acceptors (Lipinski definition) is 4. The van der Waals surface area contributed by atoms with Crippen molar-refractivity contribution in [1.82, 2.24) is 15.5 Å². The second kappa shape index (κ2) is 9.44. The zero-order valence-corrected chi connectivity index (χ0v) is 13.4. The maximum atomic E-state index is 12.0. The summed E-state index contributed by atoms with van der Waals surface area (Å²) < 4.78 is 0. The van der Waals surface area contributed by atoms with Gasteiger partial charge in [-0.3, -0.25) is 9.59 Å². The first kappa shape index (κ1) is 18.5. The number of halogens is 1. The average molecular weight is 310 g/mol. The third-order valence-corrected chi connectivity index (χ3v) is 4.22. The van der Waals surface area contributed by atoms with Gasteiger partial charge in [0.25, 0.3) is 0 Å². The van der Waals surface area contributed by atoms with E-state index >= 15 is 0 Å². The molecule has 112 valence electrons. The zero-order chi connectivity index (χ0) is 13.5. The van der Waals surface area contributed by atoms with Crippen molar-refractivity contribution < 1.29 is 9.59 Å². The molecule has 2 unspecified atom stereocenters. The smallest absolute Gasteiger partial charge is 0.224 e. The topological polar surface area (TPSA) is 61.4 Å². The Hall–Kier alpha value is -0.460. The SMILES string of the molecule is CNC(=O)C(C)CN(C)C(=O)CC1CSCCN1.Cl. The molecule has 0 radical (unpaired) electrons. The van der Waals surface area contributed by atoms with E-state index in [4.69, 9.17) is 0 Å². The van der Waals surface area contributed by atoms with Crippen LogP contribution < -0.4 is 10.6 Å². The lowest BCUT2D eigenvalue weighted by Crippen LogP contribution is -2.43. The van der Waals surface area contributed by atoms with Gasteiger partial charge in [-0.15, -0.1) is 12.4 Å². The van der Waals surface area contributed by atoms with Crippen molar-refractivity contribution in [2.45, 2.75) is 19.4 Å². The lowest BCUT2D eigenvalue weighted by molar-refractivity contribution is -0.132. The molecule has 0 saturated carbocycles. The third-order valence-electron chi connectivity index (χ3n) is 3.09. The Morgan fingerprint density at radius 3 is 2.74 bits per heavy atom. The predicted octanol–water partition coefficient (Wildman–Crippen LogP) is 0.344. The fraction of sp³-hybridized carbons (Fsp3) is 0.833. The van der Waals surface area contributed by atoms with Crippen molar-refractivity contribution >= 4 is 36.0 Å². The van der Waals surface area contributed by atoms with Crippen molar-refractivity contribution in [3.63, 3.8) is 0 Å². The quantitative estimate of drug-likeness (QED) is 0.769. The van der Waals surface area contributed by atoms with E-state index in [2.05, 4.69) is 10.6 Å². The molecule has 1 saturated heterocycles. The van der Waals surface area contributed by atoms with Crippen molar-refractivity contribution in [2.24, 2.45) is 5.92 Å². The Morgan fingerprint density at radius 1 is 1.53 bits per heavy atom. The summed E-state index contributed by atoms with van der Waals surface area (Å²) in [6, 6.07) is 0.272. The van der Waals surface area contributed by atoms with Crippen LogP contribution in [0.2, 0.25) is 0 Å². The number of carbonyl (C=O) groups is 2. The molecule has 7 heteroatoms. The Morgan fingerprint density at radius 2 is 2.21 bits per heavy atom. The molecule has 1 aliphatic heterocycles. The second-order valence-electron chi connectivity index (χ2n) is 4.72. The molecule has 0 aromatic heterocycles. The summed E-state index contributed by atoms with van der Waals surface area (Å²) in [5, 5.41) is 5.94. The molecular formula is C12H24ClN3O2S. The Kier molecular flexibility index (Phi) is 9.22. The molecule has 1 fully saturated rings. The van der Waals surface area contributed by atoms with E-state index in [9.17, 15) is 9.59 Å². The fourth-order valence-electron chi connectivity index (χ4n) is 1.96. The number of thioether (sulfide) groups is 1. The molecule has 2 amide bonds. The van der Waals surface area contributed by atoms with Crippen molar-refractivity contribution in [3.05, 3.63) is 0 Å². The highest BCUT2D eigenvalue weighted by Crippen LogP contribution is 2.11. The minimum absolute atomic E-state index is 0. The molecule has 0 aromatic carbocycles. The molecule has 2 N–H and O–H groups in total. The molecular weight excluding hydrogens is 286 g/mol. The van der Waals surface area contributed by atoms with E-state index in [0.29, 0.717) is 13.0 Å². The predicted molar refractivity (Wildman–Crippen MR) is 81.8 cm³/mol. The van der Waals surface area contributed by atoms with Crippen LogP contribution in [-0.2, 0) is 9.59 Å². The number of rotatable bonds is 5. The summed E-state index contributed by atoms with van der Waals surface area (Å²) in [4.78, 5) is 25.1. The lowest BCUT2D eigenvalue weighted by atomic mass is 10.1. The Balaban J connectivity index is 0.00000324. The Labute approximate surface area is 125 Å². The van der Waals surface area contributed by atoms with Crippen LogP contribution in [0.15, 0.2) is 0 Å². The monoisotopic (exact) mass is 309 g/mol. The van der Waals surface area contributed by atoms with E-state index in [0.717, 1.165) is 18.1 Å². The van der Waals surface area contributed by atoms with Gasteiger partial charge in [-0.25, -0.2) is 0 Å². The van der Waals surface area contributed by atoms with E-state index in [1.165, 1.54) is 0 Å². The fourth-order valence-corrected chi connectivity index (χ4v) is 2.91. The molecule has 19 heavy (non-hydrogen) atoms. The molecule has 0 aliphatic carbocycles. The van der Waals surface area contributed by atoms with Gasteiger partial charge in [0.15, 0.2) is 0 Å².